The van der Waals surface area contributed by atoms with Crippen molar-refractivity contribution in [3.63, 3.8) is 0 Å². The van der Waals surface area contributed by atoms with E-state index < -0.39 is 12.9 Å². The Morgan fingerprint density at radius 2 is 1.59 bits per heavy atom. The van der Waals surface area contributed by atoms with Crippen molar-refractivity contribution in [1.82, 2.24) is 0 Å². The molecule has 0 aromatic carbocycles. The highest BCUT2D eigenvalue weighted by molar-refractivity contribution is 6.51. The van der Waals surface area contributed by atoms with Crippen LogP contribution >= 0.6 is 0 Å². The van der Waals surface area contributed by atoms with E-state index in [2.05, 4.69) is 4.74 Å². The molecule has 0 spiro atoms. The molecule has 0 amide bonds. The molecule has 2 atom stereocenters. The molecule has 0 aromatic heterocycles. The molecule has 2 rings (SSSR count). The highest BCUT2D eigenvalue weighted by Gasteiger charge is 2.50. The number of allylic oxidation sites excluding steroid dienone is 1. The molecule has 2 heterocycles. The summed E-state index contributed by atoms with van der Waals surface area (Å²) in [5, 5.41) is 0. The minimum Gasteiger partial charge on any atom is -0.469 e. The van der Waals surface area contributed by atoms with Crippen molar-refractivity contribution < 1.29 is 28.3 Å². The largest absolute Gasteiger partial charge is 0.486 e. The number of carbonyl (C=O) groups excluding carboxylic acids is 1. The molecule has 0 radical (unpaired) electrons. The Morgan fingerprint density at radius 1 is 1.00 bits per heavy atom. The lowest BCUT2D eigenvalue weighted by atomic mass is 9.88. The number of rotatable bonds is 7. The quantitative estimate of drug-likeness (QED) is 0.347. The lowest BCUT2D eigenvalue weighted by Gasteiger charge is -2.32. The summed E-state index contributed by atoms with van der Waals surface area (Å²) in [5.41, 5.74) is -0.730. The van der Waals surface area contributed by atoms with Crippen LogP contribution in [-0.4, -0.2) is 49.4 Å². The van der Waals surface area contributed by atoms with E-state index in [1.54, 1.807) is 0 Å². The van der Waals surface area contributed by atoms with Gasteiger partial charge in [0.1, 0.15) is 6.10 Å². The molecule has 0 saturated carbocycles. The van der Waals surface area contributed by atoms with Crippen LogP contribution in [0.3, 0.4) is 0 Å². The number of carbonyl (C=O) groups is 1. The first-order valence-electron chi connectivity index (χ1n) is 10.6. The highest BCUT2D eigenvalue weighted by Crippen LogP contribution is 2.37. The Hall–Kier alpha value is -1.15. The third kappa shape index (κ3) is 7.56. The zero-order valence-electron chi connectivity index (χ0n) is 19.6. The highest BCUT2D eigenvalue weighted by atomic mass is 16.7. The first kappa shape index (κ1) is 25.9. The fourth-order valence-electron chi connectivity index (χ4n) is 3.03. The lowest BCUT2D eigenvalue weighted by Crippen LogP contribution is -2.41. The van der Waals surface area contributed by atoms with Gasteiger partial charge in [-0.15, -0.1) is 0 Å². The molecule has 2 fully saturated rings. The van der Waals surface area contributed by atoms with Gasteiger partial charge in [-0.05, 0) is 54.4 Å². The number of ether oxygens (including phenoxy) is 3. The zero-order chi connectivity index (χ0) is 22.3. The summed E-state index contributed by atoms with van der Waals surface area (Å²) >= 11 is 0. The van der Waals surface area contributed by atoms with Crippen LogP contribution in [0.2, 0.25) is 0 Å². The molecular formula is C22H39BO6. The fraction of sp³-hybridized carbons (Fsp3) is 0.773. The molecule has 0 aliphatic carbocycles. The summed E-state index contributed by atoms with van der Waals surface area (Å²) in [4.78, 5) is 11.1. The molecule has 2 aliphatic rings. The third-order valence-electron chi connectivity index (χ3n) is 5.23. The molecule has 0 bridgehead atoms. The van der Waals surface area contributed by atoms with E-state index in [0.717, 1.165) is 0 Å². The molecule has 2 saturated heterocycles. The predicted molar refractivity (Wildman–Crippen MR) is 115 cm³/mol. The third-order valence-corrected chi connectivity index (χ3v) is 5.23. The average molecular weight is 410 g/mol. The summed E-state index contributed by atoms with van der Waals surface area (Å²) < 4.78 is 28.6. The van der Waals surface area contributed by atoms with Crippen molar-refractivity contribution in [2.24, 2.45) is 0 Å². The van der Waals surface area contributed by atoms with Gasteiger partial charge < -0.3 is 23.5 Å². The second-order valence-electron chi connectivity index (χ2n) is 8.47. The van der Waals surface area contributed by atoms with E-state index in [1.807, 2.05) is 79.6 Å². The zero-order valence-corrected chi connectivity index (χ0v) is 19.6. The van der Waals surface area contributed by atoms with Crippen LogP contribution < -0.4 is 0 Å². The molecule has 7 heteroatoms. The number of methoxy groups -OCH3 is 1. The van der Waals surface area contributed by atoms with Gasteiger partial charge in [0.15, 0.2) is 5.79 Å². The number of hydrogen-bond donors (Lipinski definition) is 0. The Kier molecular flexibility index (Phi) is 9.60. The fourth-order valence-corrected chi connectivity index (χ4v) is 3.03. The summed E-state index contributed by atoms with van der Waals surface area (Å²) in [6.07, 6.45) is 7.39. The molecular weight excluding hydrogens is 371 g/mol. The lowest BCUT2D eigenvalue weighted by molar-refractivity contribution is -0.142. The summed E-state index contributed by atoms with van der Waals surface area (Å²) in [7, 11) is 0.993. The monoisotopic (exact) mass is 410 g/mol. The van der Waals surface area contributed by atoms with E-state index >= 15 is 0 Å². The molecule has 6 nitrogen and oxygen atoms in total. The van der Waals surface area contributed by atoms with Gasteiger partial charge in [0.25, 0.3) is 0 Å². The smallest absolute Gasteiger partial charge is 0.469 e. The first-order valence-corrected chi connectivity index (χ1v) is 10.6. The SMILES string of the molecule is CC.COC(=O)CC/C=C\CC1OC(C)(C)OC1/C=C/B1OC(C)(C)C(C)(C)O1. The van der Waals surface area contributed by atoms with Crippen molar-refractivity contribution in [1.29, 1.82) is 0 Å². The Bertz CT molecular complexity index is 566. The average Bonchev–Trinajstić information content (AvgIpc) is 3.04. The summed E-state index contributed by atoms with van der Waals surface area (Å²) in [6.45, 7) is 15.9. The van der Waals surface area contributed by atoms with Crippen LogP contribution in [0.15, 0.2) is 24.2 Å². The molecule has 2 unspecified atom stereocenters. The van der Waals surface area contributed by atoms with Gasteiger partial charge in [0, 0.05) is 6.42 Å². The van der Waals surface area contributed by atoms with Gasteiger partial charge in [-0.3, -0.25) is 4.79 Å². The van der Waals surface area contributed by atoms with E-state index in [1.165, 1.54) is 7.11 Å². The van der Waals surface area contributed by atoms with E-state index in [4.69, 9.17) is 18.8 Å². The maximum Gasteiger partial charge on any atom is 0.486 e. The van der Waals surface area contributed by atoms with Gasteiger partial charge in [-0.2, -0.15) is 0 Å². The van der Waals surface area contributed by atoms with Gasteiger partial charge in [-0.1, -0.05) is 38.1 Å². The second-order valence-corrected chi connectivity index (χ2v) is 8.47. The van der Waals surface area contributed by atoms with Gasteiger partial charge in [-0.25, -0.2) is 0 Å². The second kappa shape index (κ2) is 10.8. The van der Waals surface area contributed by atoms with Crippen LogP contribution in [0, 0.1) is 0 Å². The predicted octanol–water partition coefficient (Wildman–Crippen LogP) is 4.62. The molecule has 166 valence electrons. The maximum absolute atomic E-state index is 11.1. The van der Waals surface area contributed by atoms with Crippen molar-refractivity contribution in [3.8, 4) is 0 Å². The molecule has 0 aromatic rings. The van der Waals surface area contributed by atoms with Gasteiger partial charge >= 0.3 is 13.1 Å². The maximum atomic E-state index is 11.1. The first-order chi connectivity index (χ1) is 13.5. The van der Waals surface area contributed by atoms with E-state index in [9.17, 15) is 4.79 Å². The van der Waals surface area contributed by atoms with E-state index in [0.29, 0.717) is 19.3 Å². The van der Waals surface area contributed by atoms with Crippen LogP contribution in [0.1, 0.15) is 74.7 Å². The van der Waals surface area contributed by atoms with Crippen LogP contribution in [0.25, 0.3) is 0 Å². The summed E-state index contributed by atoms with van der Waals surface area (Å²) in [6, 6.07) is 0. The van der Waals surface area contributed by atoms with Crippen molar-refractivity contribution >= 4 is 13.1 Å². The van der Waals surface area contributed by atoms with E-state index in [-0.39, 0.29) is 29.4 Å². The number of hydrogen-bond acceptors (Lipinski definition) is 6. The minimum absolute atomic E-state index is 0.104. The van der Waals surface area contributed by atoms with Crippen LogP contribution in [-0.2, 0) is 28.3 Å². The van der Waals surface area contributed by atoms with Crippen LogP contribution in [0.5, 0.6) is 0 Å². The van der Waals surface area contributed by atoms with Crippen LogP contribution in [0.4, 0.5) is 0 Å². The summed E-state index contributed by atoms with van der Waals surface area (Å²) in [5.74, 6) is 1.06. The van der Waals surface area contributed by atoms with Crippen molar-refractivity contribution in [2.45, 2.75) is 104 Å². The Labute approximate surface area is 177 Å². The van der Waals surface area contributed by atoms with Gasteiger partial charge in [0.05, 0.1) is 24.4 Å². The van der Waals surface area contributed by atoms with Crippen molar-refractivity contribution in [2.75, 3.05) is 7.11 Å². The number of esters is 1. The molecule has 29 heavy (non-hydrogen) atoms. The molecule has 0 N–H and O–H groups in total. The minimum atomic E-state index is -0.643. The Balaban J connectivity index is 0.00000204. The Morgan fingerprint density at radius 3 is 2.14 bits per heavy atom. The van der Waals surface area contributed by atoms with Gasteiger partial charge in [0.2, 0.25) is 0 Å². The normalized spacial score (nSPS) is 27.3. The molecule has 2 aliphatic heterocycles. The standard InChI is InChI=1S/C20H33BO6.C2H6/c1-18(2)19(3,4)27-21(26-18)14-13-16-15(24-20(5,6)25-16)11-9-8-10-12-17(22)23-7;1-2/h8-9,13-16H,10-12H2,1-7H3;1-2H3/b9-8-,14-13+;. The topological polar surface area (TPSA) is 63.2 Å². The van der Waals surface area contributed by atoms with Crippen molar-refractivity contribution in [3.05, 3.63) is 24.2 Å².